The number of aromatic nitrogens is 1. The second-order valence-corrected chi connectivity index (χ2v) is 5.80. The second kappa shape index (κ2) is 6.07. The highest BCUT2D eigenvalue weighted by atomic mass is 19.1. The minimum absolute atomic E-state index is 0.00793. The average Bonchev–Trinajstić information content (AvgIpc) is 3.16. The minimum Gasteiger partial charge on any atom is -0.402 e. The van der Waals surface area contributed by atoms with Crippen LogP contribution in [-0.4, -0.2) is 22.3 Å². The van der Waals surface area contributed by atoms with Crippen LogP contribution in [-0.2, 0) is 9.53 Å². The molecule has 1 aromatic heterocycles. The average molecular weight is 348 g/mol. The molecule has 1 aliphatic heterocycles. The molecule has 0 fully saturated rings. The number of benzene rings is 2. The summed E-state index contributed by atoms with van der Waals surface area (Å²) in [5, 5.41) is 0.860. The molecule has 2 aromatic carbocycles. The van der Waals surface area contributed by atoms with E-state index < -0.39 is 11.8 Å². The van der Waals surface area contributed by atoms with Gasteiger partial charge in [0.15, 0.2) is 5.70 Å². The molecule has 0 N–H and O–H groups in total. The number of para-hydroxylation sites is 1. The Morgan fingerprint density at radius 2 is 1.88 bits per heavy atom. The number of rotatable bonds is 2. The zero-order chi connectivity index (χ0) is 18.3. The van der Waals surface area contributed by atoms with Gasteiger partial charge in [-0.2, -0.15) is 0 Å². The van der Waals surface area contributed by atoms with Crippen molar-refractivity contribution in [3.8, 4) is 0 Å². The van der Waals surface area contributed by atoms with Crippen molar-refractivity contribution < 1.29 is 18.7 Å². The molecule has 2 heterocycles. The normalized spacial score (nSPS) is 15.4. The molecule has 0 saturated carbocycles. The van der Waals surface area contributed by atoms with E-state index in [9.17, 15) is 14.0 Å². The highest BCUT2D eigenvalue weighted by Gasteiger charge is 2.26. The topological polar surface area (TPSA) is 60.7 Å². The van der Waals surface area contributed by atoms with E-state index in [4.69, 9.17) is 4.74 Å². The number of hydrogen-bond acceptors (Lipinski definition) is 4. The lowest BCUT2D eigenvalue weighted by Crippen LogP contribution is -2.08. The largest absolute Gasteiger partial charge is 0.402 e. The van der Waals surface area contributed by atoms with Gasteiger partial charge in [-0.15, -0.1) is 0 Å². The summed E-state index contributed by atoms with van der Waals surface area (Å²) < 4.78 is 20.5. The van der Waals surface area contributed by atoms with Crippen LogP contribution in [0.5, 0.6) is 0 Å². The fraction of sp³-hybridized carbons (Fsp3) is 0.0500. The molecule has 6 heteroatoms. The van der Waals surface area contributed by atoms with Crippen molar-refractivity contribution in [2.45, 2.75) is 6.92 Å². The summed E-state index contributed by atoms with van der Waals surface area (Å²) in [6.07, 6.45) is 1.47. The molecule has 0 atom stereocenters. The van der Waals surface area contributed by atoms with Gasteiger partial charge in [-0.25, -0.2) is 14.2 Å². The molecule has 0 radical (unpaired) electrons. The maximum atomic E-state index is 13.9. The van der Waals surface area contributed by atoms with Gasteiger partial charge in [-0.1, -0.05) is 30.3 Å². The Morgan fingerprint density at radius 3 is 2.65 bits per heavy atom. The summed E-state index contributed by atoms with van der Waals surface area (Å²) in [7, 11) is 0. The predicted octanol–water partition coefficient (Wildman–Crippen LogP) is 3.79. The zero-order valence-electron chi connectivity index (χ0n) is 13.8. The van der Waals surface area contributed by atoms with Crippen LogP contribution >= 0.6 is 0 Å². The molecule has 4 rings (SSSR count). The molecule has 5 nitrogen and oxygen atoms in total. The molecule has 1 aliphatic rings. The van der Waals surface area contributed by atoms with Gasteiger partial charge in [0.05, 0.1) is 16.8 Å². The van der Waals surface area contributed by atoms with Crippen LogP contribution in [0.2, 0.25) is 0 Å². The number of nitrogens with zero attached hydrogens (tertiary/aromatic N) is 2. The van der Waals surface area contributed by atoms with Gasteiger partial charge >= 0.3 is 5.97 Å². The predicted molar refractivity (Wildman–Crippen MR) is 95.2 cm³/mol. The number of carbonyl (C=O) groups is 2. The van der Waals surface area contributed by atoms with Crippen molar-refractivity contribution >= 4 is 34.8 Å². The molecule has 128 valence electrons. The Balaban J connectivity index is 1.83. The number of ether oxygens (including phenoxy) is 1. The zero-order valence-corrected chi connectivity index (χ0v) is 13.8. The summed E-state index contributed by atoms with van der Waals surface area (Å²) in [6.45, 7) is 1.44. The third-order valence-electron chi connectivity index (χ3n) is 4.06. The summed E-state index contributed by atoms with van der Waals surface area (Å²) in [5.41, 5.74) is 1.35. The number of esters is 1. The van der Waals surface area contributed by atoms with E-state index >= 15 is 0 Å². The highest BCUT2D eigenvalue weighted by molar-refractivity contribution is 6.13. The quantitative estimate of drug-likeness (QED) is 0.523. The minimum atomic E-state index is -0.691. The number of fused-ring (bicyclic) bond motifs is 1. The Morgan fingerprint density at radius 1 is 1.15 bits per heavy atom. The van der Waals surface area contributed by atoms with Crippen LogP contribution in [0.4, 0.5) is 4.39 Å². The molecule has 3 aromatic rings. The van der Waals surface area contributed by atoms with Crippen molar-refractivity contribution in [2.75, 3.05) is 0 Å². The van der Waals surface area contributed by atoms with E-state index in [1.807, 2.05) is 24.3 Å². The van der Waals surface area contributed by atoms with Crippen LogP contribution < -0.4 is 0 Å². The molecule has 26 heavy (non-hydrogen) atoms. The lowest BCUT2D eigenvalue weighted by atomic mass is 10.2. The van der Waals surface area contributed by atoms with E-state index in [-0.39, 0.29) is 23.1 Å². The number of hydrogen-bond donors (Lipinski definition) is 0. The fourth-order valence-electron chi connectivity index (χ4n) is 2.93. The molecule has 0 saturated heterocycles. The van der Waals surface area contributed by atoms with Gasteiger partial charge in [-0.05, 0) is 30.3 Å². The van der Waals surface area contributed by atoms with Crippen molar-refractivity contribution in [1.82, 2.24) is 4.57 Å². The molecule has 0 aliphatic carbocycles. The molecule has 0 amide bonds. The van der Waals surface area contributed by atoms with E-state index in [0.717, 1.165) is 10.9 Å². The Labute approximate surface area is 148 Å². The van der Waals surface area contributed by atoms with Crippen LogP contribution in [0.15, 0.2) is 65.3 Å². The maximum absolute atomic E-state index is 13.9. The first-order chi connectivity index (χ1) is 12.5. The van der Waals surface area contributed by atoms with Gasteiger partial charge in [0.25, 0.3) is 0 Å². The third-order valence-corrected chi connectivity index (χ3v) is 4.06. The van der Waals surface area contributed by atoms with Crippen LogP contribution in [0.1, 0.15) is 23.0 Å². The summed E-state index contributed by atoms with van der Waals surface area (Å²) in [6, 6.07) is 15.1. The Kier molecular flexibility index (Phi) is 3.73. The summed E-state index contributed by atoms with van der Waals surface area (Å²) in [4.78, 5) is 28.3. The van der Waals surface area contributed by atoms with Crippen LogP contribution in [0, 0.1) is 5.82 Å². The first-order valence-electron chi connectivity index (χ1n) is 7.93. The first-order valence-corrected chi connectivity index (χ1v) is 7.93. The smallest absolute Gasteiger partial charge is 0.363 e. The summed E-state index contributed by atoms with van der Waals surface area (Å²) in [5.74, 6) is -1.51. The van der Waals surface area contributed by atoms with E-state index in [2.05, 4.69) is 4.99 Å². The van der Waals surface area contributed by atoms with Gasteiger partial charge in [-0.3, -0.25) is 9.36 Å². The number of carbonyl (C=O) groups excluding carboxylic acids is 2. The molecule has 0 spiro atoms. The summed E-state index contributed by atoms with van der Waals surface area (Å²) >= 11 is 0. The van der Waals surface area contributed by atoms with E-state index in [1.54, 1.807) is 12.1 Å². The fourth-order valence-corrected chi connectivity index (χ4v) is 2.93. The van der Waals surface area contributed by atoms with E-state index in [1.165, 1.54) is 35.8 Å². The Hall–Kier alpha value is -3.54. The first kappa shape index (κ1) is 16.0. The molecule has 0 unspecified atom stereocenters. The van der Waals surface area contributed by atoms with Gasteiger partial charge in [0.2, 0.25) is 11.8 Å². The molecule has 0 bridgehead atoms. The third kappa shape index (κ3) is 2.61. The SMILES string of the molecule is CC(=O)n1c(/C=C2\N=C(c3ccccc3F)OC2=O)cc2ccccc21. The molecular formula is C20H13FN2O3. The standard InChI is InChI=1S/C20H13FN2O3/c1-12(24)23-14(10-13-6-2-5-9-18(13)23)11-17-20(25)26-19(22-17)15-7-3-4-8-16(15)21/h2-11H,1H3/b17-11-. The van der Waals surface area contributed by atoms with Gasteiger partial charge in [0, 0.05) is 12.3 Å². The molecular weight excluding hydrogens is 335 g/mol. The van der Waals surface area contributed by atoms with Crippen molar-refractivity contribution in [2.24, 2.45) is 4.99 Å². The Bertz CT molecular complexity index is 1130. The van der Waals surface area contributed by atoms with Gasteiger partial charge in [0.1, 0.15) is 5.82 Å². The maximum Gasteiger partial charge on any atom is 0.363 e. The highest BCUT2D eigenvalue weighted by Crippen LogP contribution is 2.25. The number of aliphatic imine (C=N–C) groups is 1. The number of halogens is 1. The lowest BCUT2D eigenvalue weighted by Gasteiger charge is -2.02. The van der Waals surface area contributed by atoms with Crippen molar-refractivity contribution in [3.05, 3.63) is 77.4 Å². The van der Waals surface area contributed by atoms with Crippen molar-refractivity contribution in [3.63, 3.8) is 0 Å². The van der Waals surface area contributed by atoms with Crippen molar-refractivity contribution in [1.29, 1.82) is 0 Å². The van der Waals surface area contributed by atoms with Gasteiger partial charge < -0.3 is 4.74 Å². The number of cyclic esters (lactones) is 1. The monoisotopic (exact) mass is 348 g/mol. The van der Waals surface area contributed by atoms with Crippen LogP contribution in [0.25, 0.3) is 17.0 Å². The van der Waals surface area contributed by atoms with E-state index in [0.29, 0.717) is 5.69 Å². The van der Waals surface area contributed by atoms with Crippen LogP contribution in [0.3, 0.4) is 0 Å². The lowest BCUT2D eigenvalue weighted by molar-refractivity contribution is -0.129. The second-order valence-electron chi connectivity index (χ2n) is 5.80.